The number of hydrogen-bond acceptors (Lipinski definition) is 7. The number of benzene rings is 3. The first-order chi connectivity index (χ1) is 19.8. The number of aromatic nitrogens is 2. The van der Waals surface area contributed by atoms with E-state index in [9.17, 15) is 18.4 Å². The minimum absolute atomic E-state index is 0.0301. The molecule has 2 N–H and O–H groups in total. The van der Waals surface area contributed by atoms with Gasteiger partial charge in [0.1, 0.15) is 11.6 Å². The number of ether oxygens (including phenoxy) is 1. The zero-order valence-corrected chi connectivity index (χ0v) is 21.9. The second-order valence-corrected chi connectivity index (χ2v) is 9.78. The van der Waals surface area contributed by atoms with Gasteiger partial charge >= 0.3 is 6.01 Å². The lowest BCUT2D eigenvalue weighted by atomic mass is 9.82. The van der Waals surface area contributed by atoms with Crippen molar-refractivity contribution in [2.24, 2.45) is 10.7 Å². The van der Waals surface area contributed by atoms with Crippen LogP contribution >= 0.6 is 0 Å². The molecule has 3 heterocycles. The molecule has 206 valence electrons. The fourth-order valence-electron chi connectivity index (χ4n) is 5.20. The van der Waals surface area contributed by atoms with Crippen molar-refractivity contribution in [3.05, 3.63) is 124 Å². The van der Waals surface area contributed by atoms with Crippen molar-refractivity contribution in [1.29, 1.82) is 0 Å². The van der Waals surface area contributed by atoms with Gasteiger partial charge in [-0.1, -0.05) is 36.4 Å². The molecule has 0 fully saturated rings. The van der Waals surface area contributed by atoms with Gasteiger partial charge in [-0.15, -0.1) is 0 Å². The Bertz CT molecular complexity index is 1650. The van der Waals surface area contributed by atoms with Crippen LogP contribution in [0.4, 0.5) is 8.78 Å². The largest absolute Gasteiger partial charge is 0.467 e. The van der Waals surface area contributed by atoms with Crippen molar-refractivity contribution in [3.63, 3.8) is 0 Å². The molecule has 3 aromatic carbocycles. The SMILES string of the molecule is COc1ncc2c(n1)CN(C(=O)c1cccc(CN3C(=O)C(c4ccc(F)cc4)(c4ccc(F)cc4)N=C3N)c1)C2. The summed E-state index contributed by atoms with van der Waals surface area (Å²) < 4.78 is 32.6. The van der Waals surface area contributed by atoms with Crippen LogP contribution in [0.25, 0.3) is 0 Å². The Labute approximate surface area is 233 Å². The summed E-state index contributed by atoms with van der Waals surface area (Å²) in [6.07, 6.45) is 1.65. The van der Waals surface area contributed by atoms with Crippen LogP contribution in [0.1, 0.15) is 38.3 Å². The first kappa shape index (κ1) is 26.1. The molecule has 2 amide bonds. The third-order valence-corrected chi connectivity index (χ3v) is 7.26. The minimum Gasteiger partial charge on any atom is -0.467 e. The van der Waals surface area contributed by atoms with E-state index in [2.05, 4.69) is 15.0 Å². The Morgan fingerprint density at radius 3 is 2.29 bits per heavy atom. The van der Waals surface area contributed by atoms with Gasteiger partial charge in [0.25, 0.3) is 11.8 Å². The molecule has 9 nitrogen and oxygen atoms in total. The second-order valence-electron chi connectivity index (χ2n) is 9.78. The monoisotopic (exact) mass is 554 g/mol. The third kappa shape index (κ3) is 4.54. The van der Waals surface area contributed by atoms with Crippen molar-refractivity contribution in [2.75, 3.05) is 7.11 Å². The van der Waals surface area contributed by atoms with Gasteiger partial charge in [0.05, 0.1) is 25.9 Å². The van der Waals surface area contributed by atoms with E-state index < -0.39 is 23.1 Å². The lowest BCUT2D eigenvalue weighted by Gasteiger charge is -2.27. The lowest BCUT2D eigenvalue weighted by molar-refractivity contribution is -0.130. The number of rotatable bonds is 6. The average molecular weight is 555 g/mol. The summed E-state index contributed by atoms with van der Waals surface area (Å²) in [6.45, 7) is 0.714. The third-order valence-electron chi connectivity index (χ3n) is 7.26. The summed E-state index contributed by atoms with van der Waals surface area (Å²) in [5, 5.41) is 0. The number of guanidine groups is 1. The number of hydrogen-bond donors (Lipinski definition) is 1. The number of carbonyl (C=O) groups is 2. The first-order valence-electron chi connectivity index (χ1n) is 12.7. The maximum Gasteiger partial charge on any atom is 0.316 e. The molecule has 11 heteroatoms. The Hall–Kier alpha value is -5.19. The van der Waals surface area contributed by atoms with E-state index >= 15 is 0 Å². The van der Waals surface area contributed by atoms with Crippen molar-refractivity contribution < 1.29 is 23.1 Å². The topological polar surface area (TPSA) is 114 Å². The highest BCUT2D eigenvalue weighted by molar-refractivity contribution is 6.09. The summed E-state index contributed by atoms with van der Waals surface area (Å²) in [6, 6.07) is 17.9. The van der Waals surface area contributed by atoms with Crippen LogP contribution < -0.4 is 10.5 Å². The molecular weight excluding hydrogens is 530 g/mol. The van der Waals surface area contributed by atoms with Crippen LogP contribution in [-0.4, -0.2) is 44.7 Å². The van der Waals surface area contributed by atoms with Gasteiger partial charge in [-0.3, -0.25) is 14.5 Å². The molecule has 0 radical (unpaired) electrons. The normalized spacial score (nSPS) is 15.6. The Balaban J connectivity index is 1.27. The molecule has 6 rings (SSSR count). The van der Waals surface area contributed by atoms with Gasteiger partial charge in [-0.05, 0) is 53.1 Å². The van der Waals surface area contributed by atoms with Gasteiger partial charge in [0.2, 0.25) is 0 Å². The van der Waals surface area contributed by atoms with Gasteiger partial charge in [-0.25, -0.2) is 18.8 Å². The Kier molecular flexibility index (Phi) is 6.41. The molecule has 0 spiro atoms. The quantitative estimate of drug-likeness (QED) is 0.390. The number of aliphatic imine (C=N–C) groups is 1. The molecular formula is C30H24F2N6O3. The number of halogens is 2. The van der Waals surface area contributed by atoms with E-state index in [0.29, 0.717) is 35.3 Å². The fourth-order valence-corrected chi connectivity index (χ4v) is 5.20. The van der Waals surface area contributed by atoms with Gasteiger partial charge < -0.3 is 15.4 Å². The lowest BCUT2D eigenvalue weighted by Crippen LogP contribution is -2.43. The molecule has 1 aromatic heterocycles. The number of amides is 2. The summed E-state index contributed by atoms with van der Waals surface area (Å²) in [7, 11) is 1.48. The predicted octanol–water partition coefficient (Wildman–Crippen LogP) is 3.52. The minimum atomic E-state index is -1.62. The van der Waals surface area contributed by atoms with E-state index in [0.717, 1.165) is 11.3 Å². The van der Waals surface area contributed by atoms with Gasteiger partial charge in [-0.2, -0.15) is 4.98 Å². The fraction of sp³-hybridized carbons (Fsp3) is 0.167. The van der Waals surface area contributed by atoms with Crippen molar-refractivity contribution in [1.82, 2.24) is 19.8 Å². The molecule has 0 atom stereocenters. The summed E-state index contributed by atoms with van der Waals surface area (Å²) >= 11 is 0. The highest BCUT2D eigenvalue weighted by Gasteiger charge is 2.50. The predicted molar refractivity (Wildman–Crippen MR) is 144 cm³/mol. The molecule has 4 aromatic rings. The Morgan fingerprint density at radius 1 is 1.00 bits per heavy atom. The van der Waals surface area contributed by atoms with Crippen LogP contribution in [0.5, 0.6) is 6.01 Å². The van der Waals surface area contributed by atoms with E-state index in [1.54, 1.807) is 35.4 Å². The van der Waals surface area contributed by atoms with Crippen molar-refractivity contribution in [2.45, 2.75) is 25.2 Å². The number of nitrogens with zero attached hydrogens (tertiary/aromatic N) is 5. The van der Waals surface area contributed by atoms with Crippen LogP contribution in [-0.2, 0) is 30.0 Å². The average Bonchev–Trinajstić information content (AvgIpc) is 3.52. The van der Waals surface area contributed by atoms with Crippen LogP contribution in [0.2, 0.25) is 0 Å². The molecule has 0 saturated heterocycles. The molecule has 0 unspecified atom stereocenters. The Morgan fingerprint density at radius 2 is 1.66 bits per heavy atom. The zero-order valence-electron chi connectivity index (χ0n) is 21.9. The van der Waals surface area contributed by atoms with Gasteiger partial charge in [0.15, 0.2) is 11.5 Å². The zero-order chi connectivity index (χ0) is 28.7. The van der Waals surface area contributed by atoms with E-state index in [-0.39, 0.29) is 24.4 Å². The van der Waals surface area contributed by atoms with Gasteiger partial charge in [0, 0.05) is 23.9 Å². The highest BCUT2D eigenvalue weighted by Crippen LogP contribution is 2.40. The molecule has 41 heavy (non-hydrogen) atoms. The number of nitrogens with two attached hydrogens (primary N) is 1. The molecule has 0 saturated carbocycles. The van der Waals surface area contributed by atoms with E-state index in [1.807, 2.05) is 0 Å². The molecule has 0 aliphatic carbocycles. The van der Waals surface area contributed by atoms with E-state index in [4.69, 9.17) is 10.5 Å². The molecule has 2 aliphatic rings. The second kappa shape index (κ2) is 10.1. The molecule has 2 aliphatic heterocycles. The maximum absolute atomic E-state index is 14.1. The summed E-state index contributed by atoms with van der Waals surface area (Å²) in [5.74, 6) is -1.69. The molecule has 0 bridgehead atoms. The summed E-state index contributed by atoms with van der Waals surface area (Å²) in [4.78, 5) is 43.4. The van der Waals surface area contributed by atoms with Crippen LogP contribution in [0.15, 0.2) is 84.0 Å². The van der Waals surface area contributed by atoms with E-state index in [1.165, 1.54) is 60.5 Å². The highest BCUT2D eigenvalue weighted by atomic mass is 19.1. The standard InChI is InChI=1S/C30H24F2N6O3/c1-41-29-34-14-20-16-37(17-25(20)35-29)26(39)19-4-2-3-18(13-19)15-38-27(40)30(36-28(38)33,21-5-9-23(31)10-6-21)22-7-11-24(32)12-8-22/h2-14H,15-17H2,1H3,(H2,33,36). The number of carbonyl (C=O) groups excluding carboxylic acids is 2. The summed E-state index contributed by atoms with van der Waals surface area (Å²) in [5.41, 5.74) is 8.11. The smallest absolute Gasteiger partial charge is 0.316 e. The van der Waals surface area contributed by atoms with Crippen molar-refractivity contribution in [3.8, 4) is 6.01 Å². The number of fused-ring (bicyclic) bond motifs is 1. The van der Waals surface area contributed by atoms with Crippen molar-refractivity contribution >= 4 is 17.8 Å². The van der Waals surface area contributed by atoms with Crippen LogP contribution in [0.3, 0.4) is 0 Å². The first-order valence-corrected chi connectivity index (χ1v) is 12.7. The van der Waals surface area contributed by atoms with Crippen LogP contribution in [0, 0.1) is 11.6 Å². The maximum atomic E-state index is 14.1. The number of methoxy groups -OCH3 is 1.